The first-order chi connectivity index (χ1) is 8.20. The molecule has 1 fully saturated rings. The molecule has 1 saturated heterocycles. The normalized spacial score (nSPS) is 19.0. The van der Waals surface area contributed by atoms with Gasteiger partial charge in [-0.2, -0.15) is 0 Å². The fourth-order valence-corrected chi connectivity index (χ4v) is 1.81. The van der Waals surface area contributed by atoms with Crippen LogP contribution < -0.4 is 15.8 Å². The van der Waals surface area contributed by atoms with Gasteiger partial charge in [0.05, 0.1) is 12.8 Å². The molecule has 5 nitrogen and oxygen atoms in total. The largest absolute Gasteiger partial charge is 0.494 e. The van der Waals surface area contributed by atoms with Crippen LogP contribution >= 0.6 is 0 Å². The second-order valence-electron chi connectivity index (χ2n) is 3.95. The standard InChI is InChI=1S/C12H16N2O3/c1-16-11-7-8(13)4-5-9(11)14-12(15)10-3-2-6-17-10/h4-5,7,10H,2-3,6,13H2,1H3,(H,14,15). The van der Waals surface area contributed by atoms with Gasteiger partial charge in [0, 0.05) is 18.4 Å². The monoisotopic (exact) mass is 236 g/mol. The van der Waals surface area contributed by atoms with Crippen LogP contribution in [0.2, 0.25) is 0 Å². The van der Waals surface area contributed by atoms with Gasteiger partial charge >= 0.3 is 0 Å². The molecule has 1 atom stereocenters. The van der Waals surface area contributed by atoms with Gasteiger partial charge in [0.2, 0.25) is 0 Å². The summed E-state index contributed by atoms with van der Waals surface area (Å²) < 4.78 is 10.5. The van der Waals surface area contributed by atoms with Gasteiger partial charge in [0.1, 0.15) is 11.9 Å². The molecule has 92 valence electrons. The number of carbonyl (C=O) groups excluding carboxylic acids is 1. The molecule has 0 saturated carbocycles. The van der Waals surface area contributed by atoms with Crippen molar-refractivity contribution in [3.05, 3.63) is 18.2 Å². The van der Waals surface area contributed by atoms with Crippen molar-refractivity contribution in [1.29, 1.82) is 0 Å². The van der Waals surface area contributed by atoms with Crippen LogP contribution in [0.25, 0.3) is 0 Å². The van der Waals surface area contributed by atoms with E-state index in [1.54, 1.807) is 18.2 Å². The molecule has 1 aromatic carbocycles. The Hall–Kier alpha value is -1.75. The molecule has 0 bridgehead atoms. The van der Waals surface area contributed by atoms with Crippen molar-refractivity contribution in [2.45, 2.75) is 18.9 Å². The highest BCUT2D eigenvalue weighted by Crippen LogP contribution is 2.27. The number of rotatable bonds is 3. The van der Waals surface area contributed by atoms with Crippen molar-refractivity contribution < 1.29 is 14.3 Å². The number of amides is 1. The summed E-state index contributed by atoms with van der Waals surface area (Å²) in [5.74, 6) is 0.418. The van der Waals surface area contributed by atoms with Gasteiger partial charge in [-0.05, 0) is 25.0 Å². The molecule has 1 amide bonds. The van der Waals surface area contributed by atoms with Crippen LogP contribution in [-0.4, -0.2) is 25.7 Å². The molecule has 0 aromatic heterocycles. The first-order valence-electron chi connectivity index (χ1n) is 5.56. The van der Waals surface area contributed by atoms with Crippen molar-refractivity contribution in [1.82, 2.24) is 0 Å². The lowest BCUT2D eigenvalue weighted by atomic mass is 10.2. The predicted molar refractivity (Wildman–Crippen MR) is 65.0 cm³/mol. The lowest BCUT2D eigenvalue weighted by Gasteiger charge is -2.13. The molecule has 0 radical (unpaired) electrons. The maximum atomic E-state index is 11.8. The molecule has 1 heterocycles. The number of nitrogens with two attached hydrogens (primary N) is 1. The Morgan fingerprint density at radius 1 is 1.59 bits per heavy atom. The zero-order chi connectivity index (χ0) is 12.3. The Labute approximate surface area is 99.9 Å². The molecular formula is C12H16N2O3. The van der Waals surface area contributed by atoms with E-state index in [1.165, 1.54) is 7.11 Å². The smallest absolute Gasteiger partial charge is 0.253 e. The van der Waals surface area contributed by atoms with Crippen LogP contribution in [0, 0.1) is 0 Å². The highest BCUT2D eigenvalue weighted by Gasteiger charge is 2.24. The number of carbonyl (C=O) groups is 1. The van der Waals surface area contributed by atoms with E-state index in [4.69, 9.17) is 15.2 Å². The third-order valence-electron chi connectivity index (χ3n) is 2.71. The summed E-state index contributed by atoms with van der Waals surface area (Å²) in [5.41, 5.74) is 6.85. The van der Waals surface area contributed by atoms with Gasteiger partial charge < -0.3 is 20.5 Å². The SMILES string of the molecule is COc1cc(N)ccc1NC(=O)C1CCCO1. The fourth-order valence-electron chi connectivity index (χ4n) is 1.81. The molecule has 1 aliphatic rings. The van der Waals surface area contributed by atoms with Gasteiger partial charge in [-0.1, -0.05) is 0 Å². The highest BCUT2D eigenvalue weighted by molar-refractivity contribution is 5.95. The van der Waals surface area contributed by atoms with Crippen LogP contribution in [0.3, 0.4) is 0 Å². The maximum absolute atomic E-state index is 11.8. The van der Waals surface area contributed by atoms with Crippen molar-refractivity contribution in [3.8, 4) is 5.75 Å². The summed E-state index contributed by atoms with van der Waals surface area (Å²) in [6.45, 7) is 0.650. The summed E-state index contributed by atoms with van der Waals surface area (Å²) in [5, 5.41) is 2.79. The number of hydrogen-bond acceptors (Lipinski definition) is 4. The zero-order valence-corrected chi connectivity index (χ0v) is 9.73. The van der Waals surface area contributed by atoms with Crippen LogP contribution in [0.1, 0.15) is 12.8 Å². The van der Waals surface area contributed by atoms with Gasteiger partial charge in [-0.15, -0.1) is 0 Å². The number of nitrogen functional groups attached to an aromatic ring is 1. The average Bonchev–Trinajstić information content (AvgIpc) is 2.85. The van der Waals surface area contributed by atoms with Crippen molar-refractivity contribution in [2.24, 2.45) is 0 Å². The zero-order valence-electron chi connectivity index (χ0n) is 9.73. The van der Waals surface area contributed by atoms with Gasteiger partial charge in [0.15, 0.2) is 0 Å². The van der Waals surface area contributed by atoms with E-state index in [0.29, 0.717) is 23.7 Å². The Morgan fingerprint density at radius 3 is 3.06 bits per heavy atom. The summed E-state index contributed by atoms with van der Waals surface area (Å²) in [7, 11) is 1.54. The highest BCUT2D eigenvalue weighted by atomic mass is 16.5. The van der Waals surface area contributed by atoms with E-state index in [1.807, 2.05) is 0 Å². The predicted octanol–water partition coefficient (Wildman–Crippen LogP) is 1.39. The number of benzene rings is 1. The topological polar surface area (TPSA) is 73.6 Å². The van der Waals surface area contributed by atoms with Gasteiger partial charge in [0.25, 0.3) is 5.91 Å². The Bertz CT molecular complexity index is 414. The maximum Gasteiger partial charge on any atom is 0.253 e. The van der Waals surface area contributed by atoms with Crippen molar-refractivity contribution >= 4 is 17.3 Å². The molecular weight excluding hydrogens is 220 g/mol. The molecule has 2 rings (SSSR count). The summed E-state index contributed by atoms with van der Waals surface area (Å²) >= 11 is 0. The van der Waals surface area contributed by atoms with Gasteiger partial charge in [-0.25, -0.2) is 0 Å². The summed E-state index contributed by atoms with van der Waals surface area (Å²) in [6.07, 6.45) is 1.34. The number of methoxy groups -OCH3 is 1. The third kappa shape index (κ3) is 2.68. The van der Waals surface area contributed by atoms with Crippen molar-refractivity contribution in [2.75, 3.05) is 24.8 Å². The minimum Gasteiger partial charge on any atom is -0.494 e. The molecule has 1 aliphatic heterocycles. The molecule has 5 heteroatoms. The molecule has 0 aliphatic carbocycles. The minimum atomic E-state index is -0.350. The van der Waals surface area contributed by atoms with E-state index in [9.17, 15) is 4.79 Å². The second-order valence-corrected chi connectivity index (χ2v) is 3.95. The Balaban J connectivity index is 2.09. The van der Waals surface area contributed by atoms with Crippen molar-refractivity contribution in [3.63, 3.8) is 0 Å². The van der Waals surface area contributed by atoms with Crippen LogP contribution in [0.15, 0.2) is 18.2 Å². The van der Waals surface area contributed by atoms with Gasteiger partial charge in [-0.3, -0.25) is 4.79 Å². The van der Waals surface area contributed by atoms with Crippen LogP contribution in [-0.2, 0) is 9.53 Å². The number of anilines is 2. The van der Waals surface area contributed by atoms with Crippen LogP contribution in [0.5, 0.6) is 5.75 Å². The Morgan fingerprint density at radius 2 is 2.41 bits per heavy atom. The fraction of sp³-hybridized carbons (Fsp3) is 0.417. The van der Waals surface area contributed by atoms with E-state index < -0.39 is 0 Å². The van der Waals surface area contributed by atoms with E-state index in [-0.39, 0.29) is 12.0 Å². The first kappa shape index (κ1) is 11.7. The molecule has 3 N–H and O–H groups in total. The average molecular weight is 236 g/mol. The third-order valence-corrected chi connectivity index (χ3v) is 2.71. The molecule has 17 heavy (non-hydrogen) atoms. The lowest BCUT2D eigenvalue weighted by Crippen LogP contribution is -2.27. The molecule has 1 aromatic rings. The van der Waals surface area contributed by atoms with E-state index >= 15 is 0 Å². The number of nitrogens with one attached hydrogen (secondary N) is 1. The number of ether oxygens (including phenoxy) is 2. The quantitative estimate of drug-likeness (QED) is 0.778. The summed E-state index contributed by atoms with van der Waals surface area (Å²) in [6, 6.07) is 5.11. The molecule has 1 unspecified atom stereocenters. The summed E-state index contributed by atoms with van der Waals surface area (Å²) in [4.78, 5) is 11.8. The molecule has 0 spiro atoms. The van der Waals surface area contributed by atoms with E-state index in [0.717, 1.165) is 12.8 Å². The first-order valence-corrected chi connectivity index (χ1v) is 5.56. The number of hydrogen-bond donors (Lipinski definition) is 2. The lowest BCUT2D eigenvalue weighted by molar-refractivity contribution is -0.124. The Kier molecular flexibility index (Phi) is 3.49. The minimum absolute atomic E-state index is 0.134. The van der Waals surface area contributed by atoms with Crippen LogP contribution in [0.4, 0.5) is 11.4 Å². The second kappa shape index (κ2) is 5.05. The van der Waals surface area contributed by atoms with E-state index in [2.05, 4.69) is 5.32 Å².